The second kappa shape index (κ2) is 6.78. The van der Waals surface area contributed by atoms with Crippen LogP contribution in [0.3, 0.4) is 0 Å². The molecule has 3 rings (SSSR count). The van der Waals surface area contributed by atoms with Gasteiger partial charge in [0.2, 0.25) is 5.91 Å². The van der Waals surface area contributed by atoms with Gasteiger partial charge in [-0.05, 0) is 24.5 Å². The monoisotopic (exact) mass is 324 g/mol. The quantitative estimate of drug-likeness (QED) is 0.860. The summed E-state index contributed by atoms with van der Waals surface area (Å²) in [4.78, 5) is 36.1. The summed E-state index contributed by atoms with van der Waals surface area (Å²) < 4.78 is 0. The summed E-state index contributed by atoms with van der Waals surface area (Å²) in [6.45, 7) is 0.663. The molecule has 1 aliphatic rings. The molecule has 1 aromatic heterocycles. The first-order valence-corrected chi connectivity index (χ1v) is 7.92. The van der Waals surface area contributed by atoms with Crippen molar-refractivity contribution in [3.63, 3.8) is 0 Å². The topological polar surface area (TPSA) is 66.4 Å². The zero-order chi connectivity index (χ0) is 17.1. The van der Waals surface area contributed by atoms with Crippen LogP contribution < -0.4 is 4.90 Å². The fourth-order valence-electron chi connectivity index (χ4n) is 2.91. The highest BCUT2D eigenvalue weighted by atomic mass is 16.2. The van der Waals surface area contributed by atoms with E-state index in [2.05, 4.69) is 9.97 Å². The predicted octanol–water partition coefficient (Wildman–Crippen LogP) is 1.77. The van der Waals surface area contributed by atoms with E-state index in [0.717, 1.165) is 11.4 Å². The molecule has 124 valence electrons. The number of nitrogens with zero attached hydrogens (tertiary/aromatic N) is 4. The van der Waals surface area contributed by atoms with Gasteiger partial charge in [0.15, 0.2) is 0 Å². The minimum Gasteiger partial charge on any atom is -0.343 e. The lowest BCUT2D eigenvalue weighted by atomic mass is 10.0. The van der Waals surface area contributed by atoms with Gasteiger partial charge in [-0.1, -0.05) is 18.2 Å². The highest BCUT2D eigenvalue weighted by Gasteiger charge is 2.31. The summed E-state index contributed by atoms with van der Waals surface area (Å²) in [7, 11) is 3.37. The first-order chi connectivity index (χ1) is 11.5. The van der Waals surface area contributed by atoms with E-state index in [0.29, 0.717) is 25.1 Å². The summed E-state index contributed by atoms with van der Waals surface area (Å²) in [6, 6.07) is 9.67. The number of benzene rings is 1. The first kappa shape index (κ1) is 16.1. The maximum Gasteiger partial charge on any atom is 0.273 e. The van der Waals surface area contributed by atoms with Crippen molar-refractivity contribution in [3.05, 3.63) is 54.1 Å². The van der Waals surface area contributed by atoms with Crippen LogP contribution in [0.4, 0.5) is 5.69 Å². The number of hydrogen-bond acceptors (Lipinski definition) is 4. The van der Waals surface area contributed by atoms with Crippen LogP contribution >= 0.6 is 0 Å². The van der Waals surface area contributed by atoms with Crippen molar-refractivity contribution in [2.45, 2.75) is 12.8 Å². The highest BCUT2D eigenvalue weighted by Crippen LogP contribution is 2.26. The van der Waals surface area contributed by atoms with Gasteiger partial charge >= 0.3 is 0 Å². The lowest BCUT2D eigenvalue weighted by molar-refractivity contribution is -0.117. The molecule has 6 heteroatoms. The average Bonchev–Trinajstić information content (AvgIpc) is 2.95. The fraction of sp³-hybridized carbons (Fsp3) is 0.333. The van der Waals surface area contributed by atoms with Crippen LogP contribution in [0.5, 0.6) is 0 Å². The van der Waals surface area contributed by atoms with E-state index in [1.807, 2.05) is 35.2 Å². The molecule has 0 N–H and O–H groups in total. The molecular weight excluding hydrogens is 304 g/mol. The normalized spacial score (nSPS) is 17.2. The van der Waals surface area contributed by atoms with E-state index in [4.69, 9.17) is 0 Å². The van der Waals surface area contributed by atoms with Gasteiger partial charge in [0.25, 0.3) is 5.91 Å². The maximum atomic E-state index is 12.3. The molecule has 1 fully saturated rings. The van der Waals surface area contributed by atoms with Crippen LogP contribution in [0.25, 0.3) is 0 Å². The Balaban J connectivity index is 1.70. The standard InChI is InChI=1S/C18H20N4O2/c1-21(2)18(24)16-11-19-10-14(20-16)8-13-9-17(23)22(12-13)15-6-4-3-5-7-15/h3-7,10-11,13H,8-9,12H2,1-2H3. The zero-order valence-electron chi connectivity index (χ0n) is 13.8. The number of amides is 2. The number of hydrogen-bond donors (Lipinski definition) is 0. The minimum atomic E-state index is -0.169. The van der Waals surface area contributed by atoms with Gasteiger partial charge in [-0.3, -0.25) is 14.6 Å². The van der Waals surface area contributed by atoms with Crippen LogP contribution in [-0.4, -0.2) is 47.3 Å². The molecule has 0 spiro atoms. The van der Waals surface area contributed by atoms with Crippen molar-refractivity contribution >= 4 is 17.5 Å². The summed E-state index contributed by atoms with van der Waals surface area (Å²) in [6.07, 6.45) is 4.27. The van der Waals surface area contributed by atoms with Gasteiger partial charge in [-0.2, -0.15) is 0 Å². The fourth-order valence-corrected chi connectivity index (χ4v) is 2.91. The van der Waals surface area contributed by atoms with Crippen LogP contribution in [0, 0.1) is 5.92 Å². The lowest BCUT2D eigenvalue weighted by Gasteiger charge is -2.16. The van der Waals surface area contributed by atoms with E-state index in [9.17, 15) is 9.59 Å². The van der Waals surface area contributed by atoms with Crippen LogP contribution in [0.1, 0.15) is 22.6 Å². The molecule has 0 radical (unpaired) electrons. The first-order valence-electron chi connectivity index (χ1n) is 7.92. The Morgan fingerprint density at radius 1 is 1.25 bits per heavy atom. The molecule has 2 heterocycles. The number of para-hydroxylation sites is 1. The van der Waals surface area contributed by atoms with Gasteiger partial charge in [0.05, 0.1) is 11.9 Å². The molecule has 0 aliphatic carbocycles. The maximum absolute atomic E-state index is 12.3. The highest BCUT2D eigenvalue weighted by molar-refractivity contribution is 5.95. The van der Waals surface area contributed by atoms with E-state index in [1.54, 1.807) is 20.3 Å². The average molecular weight is 324 g/mol. The molecule has 2 aromatic rings. The van der Waals surface area contributed by atoms with Crippen molar-refractivity contribution in [1.29, 1.82) is 0 Å². The Bertz CT molecular complexity index is 746. The summed E-state index contributed by atoms with van der Waals surface area (Å²) in [5, 5.41) is 0. The number of aromatic nitrogens is 2. The second-order valence-corrected chi connectivity index (χ2v) is 6.21. The third-order valence-electron chi connectivity index (χ3n) is 4.08. The SMILES string of the molecule is CN(C)C(=O)c1cncc(CC2CC(=O)N(c3ccccc3)C2)n1. The molecule has 24 heavy (non-hydrogen) atoms. The number of carbonyl (C=O) groups is 2. The molecule has 1 saturated heterocycles. The third-order valence-corrected chi connectivity index (χ3v) is 4.08. The van der Waals surface area contributed by atoms with Gasteiger partial charge in [0, 0.05) is 38.9 Å². The van der Waals surface area contributed by atoms with E-state index in [1.165, 1.54) is 11.1 Å². The molecule has 6 nitrogen and oxygen atoms in total. The smallest absolute Gasteiger partial charge is 0.273 e. The lowest BCUT2D eigenvalue weighted by Crippen LogP contribution is -2.25. The molecule has 2 amide bonds. The van der Waals surface area contributed by atoms with Gasteiger partial charge in [0.1, 0.15) is 5.69 Å². The van der Waals surface area contributed by atoms with E-state index < -0.39 is 0 Å². The molecule has 1 unspecified atom stereocenters. The largest absolute Gasteiger partial charge is 0.343 e. The Kier molecular flexibility index (Phi) is 4.55. The molecule has 0 saturated carbocycles. The van der Waals surface area contributed by atoms with E-state index >= 15 is 0 Å². The van der Waals surface area contributed by atoms with Crippen LogP contribution in [-0.2, 0) is 11.2 Å². The minimum absolute atomic E-state index is 0.125. The summed E-state index contributed by atoms with van der Waals surface area (Å²) in [5.74, 6) is 0.133. The van der Waals surface area contributed by atoms with Crippen molar-refractivity contribution in [2.75, 3.05) is 25.5 Å². The number of rotatable bonds is 4. The second-order valence-electron chi connectivity index (χ2n) is 6.21. The molecule has 1 aromatic carbocycles. The summed E-state index contributed by atoms with van der Waals surface area (Å²) in [5.41, 5.74) is 2.00. The van der Waals surface area contributed by atoms with Crippen molar-refractivity contribution in [1.82, 2.24) is 14.9 Å². The number of carbonyl (C=O) groups excluding carboxylic acids is 2. The molecule has 0 bridgehead atoms. The van der Waals surface area contributed by atoms with Gasteiger partial charge in [-0.25, -0.2) is 4.98 Å². The van der Waals surface area contributed by atoms with Crippen LogP contribution in [0.2, 0.25) is 0 Å². The van der Waals surface area contributed by atoms with Crippen molar-refractivity contribution in [3.8, 4) is 0 Å². The third kappa shape index (κ3) is 3.42. The van der Waals surface area contributed by atoms with Crippen molar-refractivity contribution < 1.29 is 9.59 Å². The van der Waals surface area contributed by atoms with Crippen molar-refractivity contribution in [2.24, 2.45) is 5.92 Å². The molecular formula is C18H20N4O2. The molecule has 1 atom stereocenters. The van der Waals surface area contributed by atoms with Gasteiger partial charge < -0.3 is 9.80 Å². The number of anilines is 1. The zero-order valence-corrected chi connectivity index (χ0v) is 13.8. The Morgan fingerprint density at radius 2 is 2.00 bits per heavy atom. The predicted molar refractivity (Wildman–Crippen MR) is 90.7 cm³/mol. The molecule has 1 aliphatic heterocycles. The van der Waals surface area contributed by atoms with Gasteiger partial charge in [-0.15, -0.1) is 0 Å². The van der Waals surface area contributed by atoms with E-state index in [-0.39, 0.29) is 17.7 Å². The Morgan fingerprint density at radius 3 is 2.71 bits per heavy atom. The van der Waals surface area contributed by atoms with Crippen LogP contribution in [0.15, 0.2) is 42.7 Å². The summed E-state index contributed by atoms with van der Waals surface area (Å²) >= 11 is 0. The Labute approximate surface area is 141 Å². The Hall–Kier alpha value is -2.76.